The topological polar surface area (TPSA) is 72.6 Å². The second-order valence-corrected chi connectivity index (χ2v) is 7.79. The number of hydrogen-bond acceptors (Lipinski definition) is 5. The van der Waals surface area contributed by atoms with Crippen molar-refractivity contribution in [3.05, 3.63) is 11.0 Å². The van der Waals surface area contributed by atoms with Crippen LogP contribution in [0.3, 0.4) is 0 Å². The molecule has 2 heterocycles. The summed E-state index contributed by atoms with van der Waals surface area (Å²) in [7, 11) is 0. The first-order chi connectivity index (χ1) is 8.72. The van der Waals surface area contributed by atoms with Gasteiger partial charge in [-0.15, -0.1) is 11.8 Å². The first kappa shape index (κ1) is 15.3. The molecular weight excluding hydrogens is 335 g/mol. The molecule has 2 rings (SSSR count). The molecule has 1 amide bonds. The summed E-state index contributed by atoms with van der Waals surface area (Å²) >= 11 is 18.0. The molecule has 1 saturated heterocycles. The van der Waals surface area contributed by atoms with Gasteiger partial charge in [-0.1, -0.05) is 34.8 Å². The number of esters is 1. The molecule has 9 heteroatoms. The fourth-order valence-electron chi connectivity index (χ4n) is 1.93. The Balaban J connectivity index is 2.09. The maximum atomic E-state index is 12.0. The van der Waals surface area contributed by atoms with Gasteiger partial charge in [0.05, 0.1) is 0 Å². The third-order valence-electron chi connectivity index (χ3n) is 2.83. The van der Waals surface area contributed by atoms with Crippen molar-refractivity contribution in [3.8, 4) is 0 Å². The molecule has 5 nitrogen and oxygen atoms in total. The molecule has 0 aromatic rings. The van der Waals surface area contributed by atoms with Crippen LogP contribution in [0.4, 0.5) is 0 Å². The van der Waals surface area contributed by atoms with Crippen LogP contribution in [0.5, 0.6) is 0 Å². The SMILES string of the molecule is CC1=CS[C@@H]2[C@H](N)C(=O)N2C1C(=O)OCC(Cl)(Cl)Cl. The predicted molar refractivity (Wildman–Crippen MR) is 75.0 cm³/mol. The van der Waals surface area contributed by atoms with Crippen LogP contribution < -0.4 is 5.73 Å². The van der Waals surface area contributed by atoms with Crippen LogP contribution in [0.2, 0.25) is 0 Å². The van der Waals surface area contributed by atoms with Crippen molar-refractivity contribution in [2.45, 2.75) is 28.2 Å². The fraction of sp³-hybridized carbons (Fsp3) is 0.600. The number of hydrogen-bond donors (Lipinski definition) is 1. The second kappa shape index (κ2) is 5.33. The van der Waals surface area contributed by atoms with Crippen molar-refractivity contribution in [1.29, 1.82) is 0 Å². The van der Waals surface area contributed by atoms with Gasteiger partial charge in [-0.25, -0.2) is 4.79 Å². The number of nitrogens with two attached hydrogens (primary N) is 1. The zero-order valence-corrected chi connectivity index (χ0v) is 12.9. The van der Waals surface area contributed by atoms with E-state index in [0.29, 0.717) is 5.57 Å². The van der Waals surface area contributed by atoms with Gasteiger partial charge in [0, 0.05) is 0 Å². The van der Waals surface area contributed by atoms with E-state index in [0.717, 1.165) is 0 Å². The third kappa shape index (κ3) is 2.97. The molecular formula is C10H11Cl3N2O3S. The van der Waals surface area contributed by atoms with E-state index in [1.807, 2.05) is 0 Å². The molecule has 2 N–H and O–H groups in total. The smallest absolute Gasteiger partial charge is 0.333 e. The second-order valence-electron chi connectivity index (χ2n) is 4.29. The van der Waals surface area contributed by atoms with Gasteiger partial charge in [0.1, 0.15) is 18.0 Å². The summed E-state index contributed by atoms with van der Waals surface area (Å²) in [5, 5.41) is 1.57. The van der Waals surface area contributed by atoms with Gasteiger partial charge in [-0.05, 0) is 17.9 Å². The van der Waals surface area contributed by atoms with E-state index in [1.165, 1.54) is 16.7 Å². The summed E-state index contributed by atoms with van der Waals surface area (Å²) in [5.41, 5.74) is 6.38. The lowest BCUT2D eigenvalue weighted by Gasteiger charge is -2.50. The summed E-state index contributed by atoms with van der Waals surface area (Å²) in [5.74, 6) is -0.897. The van der Waals surface area contributed by atoms with Gasteiger partial charge in [0.25, 0.3) is 0 Å². The molecule has 0 aromatic heterocycles. The number of carbonyl (C=O) groups excluding carboxylic acids is 2. The minimum atomic E-state index is -1.68. The van der Waals surface area contributed by atoms with Crippen LogP contribution in [-0.4, -0.2) is 44.6 Å². The average molecular weight is 346 g/mol. The highest BCUT2D eigenvalue weighted by Crippen LogP contribution is 2.39. The van der Waals surface area contributed by atoms with Gasteiger partial charge in [-0.2, -0.15) is 0 Å². The number of thioether (sulfide) groups is 1. The van der Waals surface area contributed by atoms with E-state index in [1.54, 1.807) is 12.3 Å². The Kier molecular flexibility index (Phi) is 4.28. The summed E-state index contributed by atoms with van der Waals surface area (Å²) < 4.78 is 3.26. The number of β-lactam (4-membered cyclic amide) rings is 1. The molecule has 3 atom stereocenters. The number of carbonyl (C=O) groups is 2. The van der Waals surface area contributed by atoms with Crippen LogP contribution in [0.1, 0.15) is 6.92 Å². The van der Waals surface area contributed by atoms with Crippen molar-refractivity contribution in [1.82, 2.24) is 4.90 Å². The molecule has 0 bridgehead atoms. The highest BCUT2D eigenvalue weighted by Gasteiger charge is 2.53. The molecule has 0 saturated carbocycles. The Morgan fingerprint density at radius 3 is 2.79 bits per heavy atom. The van der Waals surface area contributed by atoms with Gasteiger partial charge >= 0.3 is 5.97 Å². The van der Waals surface area contributed by atoms with Crippen LogP contribution in [0.15, 0.2) is 11.0 Å². The van der Waals surface area contributed by atoms with E-state index in [2.05, 4.69) is 0 Å². The monoisotopic (exact) mass is 344 g/mol. The zero-order valence-electron chi connectivity index (χ0n) is 9.81. The quantitative estimate of drug-likeness (QED) is 0.465. The van der Waals surface area contributed by atoms with Gasteiger partial charge in [0.2, 0.25) is 9.70 Å². The minimum absolute atomic E-state index is 0.235. The molecule has 106 valence electrons. The zero-order chi connectivity index (χ0) is 14.4. The Hall–Kier alpha value is -0.140. The largest absolute Gasteiger partial charge is 0.459 e. The molecule has 0 aliphatic carbocycles. The Bertz CT molecular complexity index is 452. The molecule has 1 fully saturated rings. The predicted octanol–water partition coefficient (Wildman–Crippen LogP) is 1.41. The van der Waals surface area contributed by atoms with Crippen LogP contribution in [0.25, 0.3) is 0 Å². The Labute approximate surface area is 129 Å². The average Bonchev–Trinajstić information content (AvgIpc) is 2.33. The Morgan fingerprint density at radius 1 is 1.58 bits per heavy atom. The highest BCUT2D eigenvalue weighted by molar-refractivity contribution is 8.02. The van der Waals surface area contributed by atoms with E-state index >= 15 is 0 Å². The maximum absolute atomic E-state index is 12.0. The first-order valence-electron chi connectivity index (χ1n) is 5.35. The summed E-state index contributed by atoms with van der Waals surface area (Å²) in [4.78, 5) is 25.2. The Morgan fingerprint density at radius 2 is 2.21 bits per heavy atom. The number of rotatable bonds is 2. The summed E-state index contributed by atoms with van der Waals surface area (Å²) in [6, 6.07) is -1.37. The van der Waals surface area contributed by atoms with Crippen molar-refractivity contribution >= 4 is 58.4 Å². The molecule has 2 aliphatic heterocycles. The molecule has 0 radical (unpaired) electrons. The van der Waals surface area contributed by atoms with Crippen LogP contribution >= 0.6 is 46.6 Å². The third-order valence-corrected chi connectivity index (χ3v) is 4.46. The standard InChI is InChI=1S/C10H11Cl3N2O3S/c1-4-2-19-8-5(14)7(16)15(8)6(4)9(17)18-3-10(11,12)13/h2,5-6,8H,3,14H2,1H3/t5-,6?,8-/m1/s1. The van der Waals surface area contributed by atoms with Crippen molar-refractivity contribution < 1.29 is 14.3 Å². The minimum Gasteiger partial charge on any atom is -0.459 e. The van der Waals surface area contributed by atoms with Crippen LogP contribution in [0, 0.1) is 0 Å². The number of amides is 1. The van der Waals surface area contributed by atoms with Gasteiger partial charge < -0.3 is 15.4 Å². The van der Waals surface area contributed by atoms with Crippen molar-refractivity contribution in [2.24, 2.45) is 5.73 Å². The first-order valence-corrected chi connectivity index (χ1v) is 7.43. The lowest BCUT2D eigenvalue weighted by molar-refractivity contribution is -0.161. The normalized spacial score (nSPS) is 30.4. The number of ether oxygens (including phenoxy) is 1. The number of nitrogens with zero attached hydrogens (tertiary/aromatic N) is 1. The van der Waals surface area contributed by atoms with E-state index in [-0.39, 0.29) is 17.9 Å². The molecule has 2 aliphatic rings. The summed E-state index contributed by atoms with van der Waals surface area (Å²) in [6.45, 7) is 1.37. The van der Waals surface area contributed by atoms with Gasteiger partial charge in [0.15, 0.2) is 6.04 Å². The van der Waals surface area contributed by atoms with E-state index in [4.69, 9.17) is 45.3 Å². The maximum Gasteiger partial charge on any atom is 0.333 e. The number of halogens is 3. The van der Waals surface area contributed by atoms with E-state index < -0.39 is 21.8 Å². The summed E-state index contributed by atoms with van der Waals surface area (Å²) in [6.07, 6.45) is 0. The molecule has 1 unspecified atom stereocenters. The number of fused-ring (bicyclic) bond motifs is 1. The number of alkyl halides is 3. The van der Waals surface area contributed by atoms with Crippen molar-refractivity contribution in [3.63, 3.8) is 0 Å². The fourth-order valence-corrected chi connectivity index (χ4v) is 3.22. The molecule has 0 spiro atoms. The van der Waals surface area contributed by atoms with Gasteiger partial charge in [-0.3, -0.25) is 4.79 Å². The van der Waals surface area contributed by atoms with E-state index in [9.17, 15) is 9.59 Å². The van der Waals surface area contributed by atoms with Crippen molar-refractivity contribution in [2.75, 3.05) is 6.61 Å². The lowest BCUT2D eigenvalue weighted by Crippen LogP contribution is -2.72. The highest BCUT2D eigenvalue weighted by atomic mass is 35.6. The molecule has 19 heavy (non-hydrogen) atoms. The molecule has 0 aromatic carbocycles. The lowest BCUT2D eigenvalue weighted by atomic mass is 10.00. The van der Waals surface area contributed by atoms with Crippen LogP contribution in [-0.2, 0) is 14.3 Å².